The fraction of sp³-hybridized carbons (Fsp3) is 0.263. The first-order valence-corrected chi connectivity index (χ1v) is 7.99. The number of para-hydroxylation sites is 1. The summed E-state index contributed by atoms with van der Waals surface area (Å²) in [6, 6.07) is 13.0. The minimum atomic E-state index is -0.157. The molecular weight excluding hydrogens is 302 g/mol. The summed E-state index contributed by atoms with van der Waals surface area (Å²) in [5.74, 6) is -0.278. The van der Waals surface area contributed by atoms with Crippen molar-refractivity contribution in [3.8, 4) is 0 Å². The molecule has 0 radical (unpaired) electrons. The van der Waals surface area contributed by atoms with Gasteiger partial charge in [0.25, 0.3) is 5.91 Å². The van der Waals surface area contributed by atoms with Gasteiger partial charge in [0.05, 0.1) is 6.54 Å². The van der Waals surface area contributed by atoms with E-state index in [0.29, 0.717) is 5.56 Å². The van der Waals surface area contributed by atoms with Gasteiger partial charge in [-0.25, -0.2) is 0 Å². The molecule has 2 aromatic carbocycles. The molecule has 0 saturated heterocycles. The maximum Gasteiger partial charge on any atom is 0.251 e. The van der Waals surface area contributed by atoms with Gasteiger partial charge in [0.15, 0.2) is 0 Å². The van der Waals surface area contributed by atoms with Crippen LogP contribution in [0.1, 0.15) is 28.4 Å². The summed E-state index contributed by atoms with van der Waals surface area (Å²) in [5, 5.41) is 8.60. The van der Waals surface area contributed by atoms with Crippen LogP contribution in [0.5, 0.6) is 0 Å². The quantitative estimate of drug-likeness (QED) is 0.765. The molecule has 0 aliphatic heterocycles. The number of hydrogen-bond acceptors (Lipinski definition) is 3. The van der Waals surface area contributed by atoms with Crippen molar-refractivity contribution in [2.24, 2.45) is 0 Å². The molecule has 5 heteroatoms. The molecule has 3 N–H and O–H groups in total. The molecule has 0 aliphatic carbocycles. The van der Waals surface area contributed by atoms with Crippen molar-refractivity contribution in [1.82, 2.24) is 5.32 Å². The number of nitrogens with one attached hydrogen (secondary N) is 3. The highest BCUT2D eigenvalue weighted by Gasteiger charge is 2.09. The molecule has 0 bridgehead atoms. The second-order valence-corrected chi connectivity index (χ2v) is 5.52. The second kappa shape index (κ2) is 8.15. The molecule has 2 aromatic rings. The average molecular weight is 325 g/mol. The molecule has 0 unspecified atom stereocenters. The van der Waals surface area contributed by atoms with Crippen molar-refractivity contribution in [3.63, 3.8) is 0 Å². The highest BCUT2D eigenvalue weighted by Crippen LogP contribution is 2.21. The smallest absolute Gasteiger partial charge is 0.251 e. The van der Waals surface area contributed by atoms with E-state index in [0.717, 1.165) is 28.9 Å². The lowest BCUT2D eigenvalue weighted by Crippen LogP contribution is -2.23. The lowest BCUT2D eigenvalue weighted by atomic mass is 10.1. The van der Waals surface area contributed by atoms with E-state index in [1.165, 1.54) is 0 Å². The standard InChI is InChI=1S/C19H23N3O2/c1-4-14-8-5-7-13(2)18(14)22-17(23)12-21-16-10-6-9-15(11-16)19(24)20-3/h5-11,21H,4,12H2,1-3H3,(H,20,24)(H,22,23). The summed E-state index contributed by atoms with van der Waals surface area (Å²) in [6.07, 6.45) is 0.860. The van der Waals surface area contributed by atoms with Crippen LogP contribution in [0.15, 0.2) is 42.5 Å². The number of anilines is 2. The van der Waals surface area contributed by atoms with E-state index < -0.39 is 0 Å². The molecule has 24 heavy (non-hydrogen) atoms. The van der Waals surface area contributed by atoms with Gasteiger partial charge in [-0.3, -0.25) is 9.59 Å². The Morgan fingerprint density at radius 1 is 1.08 bits per heavy atom. The predicted molar refractivity (Wildman–Crippen MR) is 97.5 cm³/mol. The fourth-order valence-corrected chi connectivity index (χ4v) is 2.48. The number of aryl methyl sites for hydroxylation is 2. The lowest BCUT2D eigenvalue weighted by Gasteiger charge is -2.14. The van der Waals surface area contributed by atoms with E-state index >= 15 is 0 Å². The number of carbonyl (C=O) groups excluding carboxylic acids is 2. The Morgan fingerprint density at radius 2 is 1.83 bits per heavy atom. The van der Waals surface area contributed by atoms with E-state index in [1.54, 1.807) is 25.2 Å². The first-order chi connectivity index (χ1) is 11.5. The summed E-state index contributed by atoms with van der Waals surface area (Å²) in [6.45, 7) is 4.18. The van der Waals surface area contributed by atoms with Crippen LogP contribution in [0.2, 0.25) is 0 Å². The van der Waals surface area contributed by atoms with Gasteiger partial charge in [-0.1, -0.05) is 31.2 Å². The van der Waals surface area contributed by atoms with Gasteiger partial charge < -0.3 is 16.0 Å². The van der Waals surface area contributed by atoms with Crippen molar-refractivity contribution in [2.45, 2.75) is 20.3 Å². The van der Waals surface area contributed by atoms with Gasteiger partial charge in [0.1, 0.15) is 0 Å². The minimum Gasteiger partial charge on any atom is -0.376 e. The molecule has 0 aromatic heterocycles. The Labute approximate surface area is 142 Å². The lowest BCUT2D eigenvalue weighted by molar-refractivity contribution is -0.114. The van der Waals surface area contributed by atoms with Crippen LogP contribution in [-0.2, 0) is 11.2 Å². The van der Waals surface area contributed by atoms with Gasteiger partial charge in [-0.2, -0.15) is 0 Å². The van der Waals surface area contributed by atoms with Gasteiger partial charge >= 0.3 is 0 Å². The van der Waals surface area contributed by atoms with Gasteiger partial charge in [0, 0.05) is 24.0 Å². The van der Waals surface area contributed by atoms with Crippen molar-refractivity contribution >= 4 is 23.2 Å². The van der Waals surface area contributed by atoms with Crippen molar-refractivity contribution in [1.29, 1.82) is 0 Å². The largest absolute Gasteiger partial charge is 0.376 e. The first-order valence-electron chi connectivity index (χ1n) is 7.99. The third-order valence-corrected chi connectivity index (χ3v) is 3.81. The molecule has 126 valence electrons. The Balaban J connectivity index is 2.01. The Hall–Kier alpha value is -2.82. The maximum absolute atomic E-state index is 12.2. The SMILES string of the molecule is CCc1cccc(C)c1NC(=O)CNc1cccc(C(=O)NC)c1. The fourth-order valence-electron chi connectivity index (χ4n) is 2.48. The number of benzene rings is 2. The molecule has 0 heterocycles. The van der Waals surface area contributed by atoms with E-state index in [2.05, 4.69) is 22.9 Å². The van der Waals surface area contributed by atoms with Crippen LogP contribution >= 0.6 is 0 Å². The molecule has 0 saturated carbocycles. The molecular formula is C19H23N3O2. The van der Waals surface area contributed by atoms with Crippen LogP contribution < -0.4 is 16.0 Å². The summed E-state index contributed by atoms with van der Waals surface area (Å²) >= 11 is 0. The topological polar surface area (TPSA) is 70.2 Å². The minimum absolute atomic E-state index is 0.121. The first kappa shape index (κ1) is 17.5. The number of amides is 2. The molecule has 2 rings (SSSR count). The number of rotatable bonds is 6. The highest BCUT2D eigenvalue weighted by atomic mass is 16.2. The van der Waals surface area contributed by atoms with Crippen LogP contribution in [0.25, 0.3) is 0 Å². The predicted octanol–water partition coefficient (Wildman–Crippen LogP) is 2.97. The Kier molecular flexibility index (Phi) is 5.95. The van der Waals surface area contributed by atoms with Crippen LogP contribution in [0.4, 0.5) is 11.4 Å². The van der Waals surface area contributed by atoms with Crippen LogP contribution in [0.3, 0.4) is 0 Å². The summed E-state index contributed by atoms with van der Waals surface area (Å²) in [5.41, 5.74) is 4.32. The van der Waals surface area contributed by atoms with E-state index in [1.807, 2.05) is 31.2 Å². The molecule has 0 spiro atoms. The second-order valence-electron chi connectivity index (χ2n) is 5.52. The number of carbonyl (C=O) groups is 2. The van der Waals surface area contributed by atoms with Crippen molar-refractivity contribution in [3.05, 3.63) is 59.2 Å². The van der Waals surface area contributed by atoms with Gasteiger partial charge in [-0.05, 0) is 42.7 Å². The molecule has 5 nitrogen and oxygen atoms in total. The zero-order chi connectivity index (χ0) is 17.5. The van der Waals surface area contributed by atoms with Crippen molar-refractivity contribution in [2.75, 3.05) is 24.2 Å². The maximum atomic E-state index is 12.2. The third kappa shape index (κ3) is 4.35. The van der Waals surface area contributed by atoms with E-state index in [9.17, 15) is 9.59 Å². The summed E-state index contributed by atoms with van der Waals surface area (Å²) < 4.78 is 0. The third-order valence-electron chi connectivity index (χ3n) is 3.81. The molecule has 2 amide bonds. The highest BCUT2D eigenvalue weighted by molar-refractivity contribution is 5.96. The van der Waals surface area contributed by atoms with Gasteiger partial charge in [-0.15, -0.1) is 0 Å². The summed E-state index contributed by atoms with van der Waals surface area (Å²) in [7, 11) is 1.59. The molecule has 0 fully saturated rings. The van der Waals surface area contributed by atoms with Crippen LogP contribution in [-0.4, -0.2) is 25.4 Å². The zero-order valence-corrected chi connectivity index (χ0v) is 14.3. The van der Waals surface area contributed by atoms with E-state index in [-0.39, 0.29) is 18.4 Å². The van der Waals surface area contributed by atoms with E-state index in [4.69, 9.17) is 0 Å². The number of hydrogen-bond donors (Lipinski definition) is 3. The Bertz CT molecular complexity index is 741. The zero-order valence-electron chi connectivity index (χ0n) is 14.3. The molecule has 0 atom stereocenters. The van der Waals surface area contributed by atoms with Gasteiger partial charge in [0.2, 0.25) is 5.91 Å². The summed E-state index contributed by atoms with van der Waals surface area (Å²) in [4.78, 5) is 23.9. The molecule has 0 aliphatic rings. The normalized spacial score (nSPS) is 10.1. The monoisotopic (exact) mass is 325 g/mol. The van der Waals surface area contributed by atoms with Crippen molar-refractivity contribution < 1.29 is 9.59 Å². The Morgan fingerprint density at radius 3 is 2.54 bits per heavy atom. The average Bonchev–Trinajstić information content (AvgIpc) is 2.61. The van der Waals surface area contributed by atoms with Crippen LogP contribution in [0, 0.1) is 6.92 Å².